The summed E-state index contributed by atoms with van der Waals surface area (Å²) < 4.78 is 21.3. The third-order valence-corrected chi connectivity index (χ3v) is 4.24. The highest BCUT2D eigenvalue weighted by Gasteiger charge is 2.12. The van der Waals surface area contributed by atoms with Crippen LogP contribution in [-0.4, -0.2) is 27.8 Å². The van der Waals surface area contributed by atoms with Gasteiger partial charge in [0.2, 0.25) is 0 Å². The van der Waals surface area contributed by atoms with Crippen LogP contribution in [0.5, 0.6) is 11.5 Å². The van der Waals surface area contributed by atoms with Gasteiger partial charge in [-0.15, -0.1) is 11.8 Å². The second-order valence-corrected chi connectivity index (χ2v) is 6.06. The Morgan fingerprint density at radius 2 is 1.43 bits per heavy atom. The largest absolute Gasteiger partial charge is 0.467 e. The minimum absolute atomic E-state index is 0.187. The van der Waals surface area contributed by atoms with Crippen LogP contribution in [0, 0.1) is 0 Å². The summed E-state index contributed by atoms with van der Waals surface area (Å²) in [5.74, 6) is 2.17. The topological polar surface area (TPSA) is 36.9 Å². The van der Waals surface area contributed by atoms with Gasteiger partial charge in [0.25, 0.3) is 0 Å². The first kappa shape index (κ1) is 17.9. The maximum absolute atomic E-state index is 5.92. The third kappa shape index (κ3) is 5.62. The van der Waals surface area contributed by atoms with E-state index in [1.807, 2.05) is 42.5 Å². The van der Waals surface area contributed by atoms with Gasteiger partial charge in [-0.2, -0.15) is 0 Å². The van der Waals surface area contributed by atoms with Crippen LogP contribution in [-0.2, 0) is 15.2 Å². The molecule has 0 fully saturated rings. The lowest BCUT2D eigenvalue weighted by Gasteiger charge is -2.15. The number of halogens is 1. The Bertz CT molecular complexity index is 578. The molecule has 0 saturated carbocycles. The quantitative estimate of drug-likeness (QED) is 0.486. The van der Waals surface area contributed by atoms with E-state index in [2.05, 4.69) is 0 Å². The van der Waals surface area contributed by atoms with Gasteiger partial charge < -0.3 is 18.9 Å². The molecule has 0 aliphatic rings. The second-order valence-electron chi connectivity index (χ2n) is 4.58. The van der Waals surface area contributed by atoms with Gasteiger partial charge in [0.15, 0.2) is 13.6 Å². The Balaban J connectivity index is 2.16. The van der Waals surface area contributed by atoms with Gasteiger partial charge in [0.05, 0.1) is 0 Å². The molecule has 0 aliphatic heterocycles. The van der Waals surface area contributed by atoms with Gasteiger partial charge in [0.1, 0.15) is 11.5 Å². The second kappa shape index (κ2) is 9.67. The van der Waals surface area contributed by atoms with Crippen molar-refractivity contribution < 1.29 is 18.9 Å². The van der Waals surface area contributed by atoms with E-state index in [1.165, 1.54) is 0 Å². The molecule has 0 N–H and O–H groups in total. The summed E-state index contributed by atoms with van der Waals surface area (Å²) in [6.45, 7) is 0.374. The summed E-state index contributed by atoms with van der Waals surface area (Å²) in [6, 6.07) is 13.4. The van der Waals surface area contributed by atoms with Crippen LogP contribution < -0.4 is 9.47 Å². The van der Waals surface area contributed by atoms with Crippen LogP contribution in [0.15, 0.2) is 47.4 Å². The number of rotatable bonds is 9. The zero-order chi connectivity index (χ0) is 16.5. The van der Waals surface area contributed by atoms with E-state index >= 15 is 0 Å². The molecule has 0 unspecified atom stereocenters. The van der Waals surface area contributed by atoms with Crippen molar-refractivity contribution >= 4 is 23.4 Å². The van der Waals surface area contributed by atoms with E-state index in [1.54, 1.807) is 26.0 Å². The summed E-state index contributed by atoms with van der Waals surface area (Å²) in [7, 11) is 3.18. The van der Waals surface area contributed by atoms with Crippen molar-refractivity contribution in [3.05, 3.63) is 53.1 Å². The van der Waals surface area contributed by atoms with Gasteiger partial charge in [-0.1, -0.05) is 17.7 Å². The predicted octanol–water partition coefficient (Wildman–Crippen LogP) is 4.60. The Hall–Kier alpha value is -1.40. The van der Waals surface area contributed by atoms with Crippen molar-refractivity contribution in [2.45, 2.75) is 10.6 Å². The zero-order valence-electron chi connectivity index (χ0n) is 13.1. The Morgan fingerprint density at radius 3 is 1.96 bits per heavy atom. The highest BCUT2D eigenvalue weighted by atomic mass is 35.5. The molecule has 2 aromatic carbocycles. The number of hydrogen-bond donors (Lipinski definition) is 0. The highest BCUT2D eigenvalue weighted by molar-refractivity contribution is 7.98. The number of ether oxygens (including phenoxy) is 4. The van der Waals surface area contributed by atoms with E-state index < -0.39 is 0 Å². The smallest absolute Gasteiger partial charge is 0.188 e. The van der Waals surface area contributed by atoms with Crippen molar-refractivity contribution in [2.75, 3.05) is 27.8 Å². The Morgan fingerprint density at radius 1 is 0.870 bits per heavy atom. The first-order chi connectivity index (χ1) is 11.2. The van der Waals surface area contributed by atoms with Gasteiger partial charge in [-0.3, -0.25) is 0 Å². The lowest BCUT2D eigenvalue weighted by molar-refractivity contribution is 0.0450. The Kier molecular flexibility index (Phi) is 7.55. The average molecular weight is 355 g/mol. The van der Waals surface area contributed by atoms with E-state index in [9.17, 15) is 0 Å². The van der Waals surface area contributed by atoms with E-state index in [-0.39, 0.29) is 13.6 Å². The van der Waals surface area contributed by atoms with Gasteiger partial charge in [0, 0.05) is 35.5 Å². The van der Waals surface area contributed by atoms with Crippen LogP contribution in [0.2, 0.25) is 5.02 Å². The van der Waals surface area contributed by atoms with Crippen molar-refractivity contribution in [1.29, 1.82) is 0 Å². The molecule has 0 amide bonds. The summed E-state index contributed by atoms with van der Waals surface area (Å²) in [4.78, 5) is 1.12. The molecule has 4 nitrogen and oxygen atoms in total. The lowest BCUT2D eigenvalue weighted by atomic mass is 10.2. The SMILES string of the molecule is COCOc1cccc(OCOC)c1CSc1ccc(Cl)cc1. The van der Waals surface area contributed by atoms with Crippen LogP contribution in [0.4, 0.5) is 0 Å². The molecule has 0 heterocycles. The maximum atomic E-state index is 5.92. The predicted molar refractivity (Wildman–Crippen MR) is 92.5 cm³/mol. The average Bonchev–Trinajstić information content (AvgIpc) is 2.58. The summed E-state index contributed by atoms with van der Waals surface area (Å²) in [5.41, 5.74) is 0.960. The minimum Gasteiger partial charge on any atom is -0.467 e. The van der Waals surface area contributed by atoms with Crippen molar-refractivity contribution in [2.24, 2.45) is 0 Å². The van der Waals surface area contributed by atoms with Gasteiger partial charge >= 0.3 is 0 Å². The van der Waals surface area contributed by atoms with Crippen LogP contribution >= 0.6 is 23.4 Å². The monoisotopic (exact) mass is 354 g/mol. The number of benzene rings is 2. The molecule has 0 atom stereocenters. The molecule has 6 heteroatoms. The molecule has 0 spiro atoms. The highest BCUT2D eigenvalue weighted by Crippen LogP contribution is 2.35. The van der Waals surface area contributed by atoms with Crippen LogP contribution in [0.25, 0.3) is 0 Å². The number of thioether (sulfide) groups is 1. The minimum atomic E-state index is 0.187. The standard InChI is InChI=1S/C17H19ClO4S/c1-19-11-21-16-4-3-5-17(22-12-20-2)15(16)10-23-14-8-6-13(18)7-9-14/h3-9H,10-12H2,1-2H3. The third-order valence-electron chi connectivity index (χ3n) is 2.95. The summed E-state index contributed by atoms with van der Waals surface area (Å²) in [5, 5.41) is 0.724. The fourth-order valence-corrected chi connectivity index (χ4v) is 2.94. The molecular weight excluding hydrogens is 336 g/mol. The molecule has 0 radical (unpaired) electrons. The summed E-state index contributed by atoms with van der Waals surface area (Å²) >= 11 is 7.59. The van der Waals surface area contributed by atoms with Gasteiger partial charge in [-0.05, 0) is 36.4 Å². The maximum Gasteiger partial charge on any atom is 0.188 e. The molecule has 2 aromatic rings. The zero-order valence-corrected chi connectivity index (χ0v) is 14.7. The van der Waals surface area contributed by atoms with E-state index in [4.69, 9.17) is 30.5 Å². The molecule has 23 heavy (non-hydrogen) atoms. The van der Waals surface area contributed by atoms with E-state index in [0.29, 0.717) is 5.75 Å². The molecular formula is C17H19ClO4S. The fourth-order valence-electron chi connectivity index (χ4n) is 1.89. The van der Waals surface area contributed by atoms with Gasteiger partial charge in [-0.25, -0.2) is 0 Å². The molecule has 124 valence electrons. The normalized spacial score (nSPS) is 10.6. The molecule has 0 bridgehead atoms. The van der Waals surface area contributed by atoms with Crippen LogP contribution in [0.1, 0.15) is 5.56 Å². The molecule has 0 aromatic heterocycles. The van der Waals surface area contributed by atoms with Crippen LogP contribution in [0.3, 0.4) is 0 Å². The van der Waals surface area contributed by atoms with E-state index in [0.717, 1.165) is 27.0 Å². The molecule has 0 saturated heterocycles. The fraction of sp³-hybridized carbons (Fsp3) is 0.294. The van der Waals surface area contributed by atoms with Crippen molar-refractivity contribution in [3.63, 3.8) is 0 Å². The first-order valence-electron chi connectivity index (χ1n) is 6.98. The van der Waals surface area contributed by atoms with Crippen molar-refractivity contribution in [1.82, 2.24) is 0 Å². The molecule has 2 rings (SSSR count). The van der Waals surface area contributed by atoms with Crippen molar-refractivity contribution in [3.8, 4) is 11.5 Å². The molecule has 0 aliphatic carbocycles. The summed E-state index contributed by atoms with van der Waals surface area (Å²) in [6.07, 6.45) is 0. The first-order valence-corrected chi connectivity index (χ1v) is 8.34. The number of hydrogen-bond acceptors (Lipinski definition) is 5. The Labute approximate surface area is 145 Å². The lowest BCUT2D eigenvalue weighted by Crippen LogP contribution is -2.05. The number of methoxy groups -OCH3 is 2.